The summed E-state index contributed by atoms with van der Waals surface area (Å²) in [4.78, 5) is 0. The molecule has 3 aliphatic rings. The number of rotatable bonds is 1. The zero-order valence-corrected chi connectivity index (χ0v) is 11.5. The van der Waals surface area contributed by atoms with E-state index in [1.165, 1.54) is 38.5 Å². The fraction of sp³-hybridized carbons (Fsp3) is 0.938. The SMILES string of the molecule is CC[C]1CC[C@H]2C(C)(C)[C@@H]3C[C@]12CC[C@H]3C. The van der Waals surface area contributed by atoms with E-state index in [0.717, 1.165) is 17.8 Å². The third-order valence-corrected chi connectivity index (χ3v) is 6.70. The van der Waals surface area contributed by atoms with E-state index in [1.54, 1.807) is 0 Å². The van der Waals surface area contributed by atoms with Gasteiger partial charge in [-0.1, -0.05) is 27.7 Å². The highest BCUT2D eigenvalue weighted by molar-refractivity contribution is 5.24. The van der Waals surface area contributed by atoms with Crippen LogP contribution in [0.25, 0.3) is 0 Å². The molecule has 0 aromatic heterocycles. The molecule has 0 aromatic rings. The van der Waals surface area contributed by atoms with Gasteiger partial charge in [0.25, 0.3) is 0 Å². The molecular weight excluding hydrogens is 192 g/mol. The smallest absolute Gasteiger partial charge is 0.0179 e. The average Bonchev–Trinajstić information content (AvgIpc) is 2.68. The maximum Gasteiger partial charge on any atom is -0.0179 e. The fourth-order valence-corrected chi connectivity index (χ4v) is 5.98. The molecule has 0 saturated heterocycles. The van der Waals surface area contributed by atoms with Gasteiger partial charge in [0.1, 0.15) is 0 Å². The summed E-state index contributed by atoms with van der Waals surface area (Å²) in [6, 6.07) is 0. The Bertz CT molecular complexity index is 290. The van der Waals surface area contributed by atoms with Gasteiger partial charge in [-0.3, -0.25) is 0 Å². The van der Waals surface area contributed by atoms with Crippen molar-refractivity contribution >= 4 is 0 Å². The van der Waals surface area contributed by atoms with Gasteiger partial charge in [0, 0.05) is 0 Å². The van der Waals surface area contributed by atoms with Gasteiger partial charge in [0.2, 0.25) is 0 Å². The monoisotopic (exact) mass is 219 g/mol. The van der Waals surface area contributed by atoms with Crippen molar-refractivity contribution in [3.63, 3.8) is 0 Å². The largest absolute Gasteiger partial charge is 0.0648 e. The van der Waals surface area contributed by atoms with Crippen LogP contribution in [0.15, 0.2) is 0 Å². The van der Waals surface area contributed by atoms with Crippen molar-refractivity contribution in [3.05, 3.63) is 5.92 Å². The van der Waals surface area contributed by atoms with E-state index in [9.17, 15) is 0 Å². The maximum absolute atomic E-state index is 2.57. The second kappa shape index (κ2) is 3.27. The number of hydrogen-bond donors (Lipinski definition) is 0. The Morgan fingerprint density at radius 2 is 2.00 bits per heavy atom. The van der Waals surface area contributed by atoms with Gasteiger partial charge < -0.3 is 0 Å². The van der Waals surface area contributed by atoms with E-state index < -0.39 is 0 Å². The van der Waals surface area contributed by atoms with Crippen LogP contribution >= 0.6 is 0 Å². The van der Waals surface area contributed by atoms with E-state index in [-0.39, 0.29) is 0 Å². The Kier molecular flexibility index (Phi) is 2.27. The molecule has 3 saturated carbocycles. The molecule has 1 radical (unpaired) electrons. The zero-order chi connectivity index (χ0) is 11.6. The highest BCUT2D eigenvalue weighted by Gasteiger charge is 2.65. The van der Waals surface area contributed by atoms with E-state index in [2.05, 4.69) is 27.7 Å². The molecule has 0 heterocycles. The molecule has 91 valence electrons. The molecule has 3 rings (SSSR count). The van der Waals surface area contributed by atoms with Gasteiger partial charge in [-0.05, 0) is 73.0 Å². The van der Waals surface area contributed by atoms with Crippen LogP contribution < -0.4 is 0 Å². The highest BCUT2D eigenvalue weighted by Crippen LogP contribution is 2.73. The van der Waals surface area contributed by atoms with Crippen LogP contribution in [0.5, 0.6) is 0 Å². The van der Waals surface area contributed by atoms with Crippen molar-refractivity contribution in [1.82, 2.24) is 0 Å². The number of hydrogen-bond acceptors (Lipinski definition) is 0. The van der Waals surface area contributed by atoms with Crippen LogP contribution in [0.2, 0.25) is 0 Å². The topological polar surface area (TPSA) is 0 Å². The minimum atomic E-state index is 0.618. The lowest BCUT2D eigenvalue weighted by Gasteiger charge is -2.40. The van der Waals surface area contributed by atoms with E-state index >= 15 is 0 Å². The normalized spacial score (nSPS) is 50.6. The second-order valence-electron chi connectivity index (χ2n) is 7.35. The van der Waals surface area contributed by atoms with Crippen molar-refractivity contribution in [2.75, 3.05) is 0 Å². The van der Waals surface area contributed by atoms with Crippen LogP contribution in [-0.2, 0) is 0 Å². The molecule has 0 amide bonds. The maximum atomic E-state index is 2.57. The van der Waals surface area contributed by atoms with Gasteiger partial charge in [0.15, 0.2) is 0 Å². The quantitative estimate of drug-likeness (QED) is 0.592. The highest BCUT2D eigenvalue weighted by atomic mass is 14.7. The standard InChI is InChI=1S/C16H27/c1-5-12-6-7-14-15(3,4)13-10-16(12,14)9-8-11(13)2/h11,13-14H,5-10H2,1-4H3/t11-,13-,14+,16-/m1/s1. The number of fused-ring (bicyclic) bond motifs is 1. The third kappa shape index (κ3) is 1.12. The van der Waals surface area contributed by atoms with E-state index in [4.69, 9.17) is 0 Å². The van der Waals surface area contributed by atoms with Crippen LogP contribution in [-0.4, -0.2) is 0 Å². The first-order valence-electron chi connectivity index (χ1n) is 7.37. The van der Waals surface area contributed by atoms with Crippen LogP contribution in [0, 0.1) is 34.5 Å². The zero-order valence-electron chi connectivity index (χ0n) is 11.5. The lowest BCUT2D eigenvalue weighted by atomic mass is 9.65. The molecule has 0 nitrogen and oxygen atoms in total. The summed E-state index contributed by atoms with van der Waals surface area (Å²) in [6.45, 7) is 10.0. The molecule has 0 unspecified atom stereocenters. The van der Waals surface area contributed by atoms with Crippen LogP contribution in [0.1, 0.15) is 66.2 Å². The lowest BCUT2D eigenvalue weighted by molar-refractivity contribution is 0.139. The summed E-state index contributed by atoms with van der Waals surface area (Å²) in [5, 5.41) is 0. The van der Waals surface area contributed by atoms with E-state index in [0.29, 0.717) is 10.8 Å². The molecule has 0 heteroatoms. The first-order chi connectivity index (χ1) is 7.52. The van der Waals surface area contributed by atoms with Gasteiger partial charge in [-0.25, -0.2) is 0 Å². The minimum Gasteiger partial charge on any atom is -0.0648 e. The van der Waals surface area contributed by atoms with Gasteiger partial charge >= 0.3 is 0 Å². The van der Waals surface area contributed by atoms with Gasteiger partial charge in [-0.15, -0.1) is 0 Å². The fourth-order valence-electron chi connectivity index (χ4n) is 5.98. The van der Waals surface area contributed by atoms with Crippen molar-refractivity contribution in [2.45, 2.75) is 66.2 Å². The third-order valence-electron chi connectivity index (χ3n) is 6.70. The molecular formula is C16H27. The first-order valence-corrected chi connectivity index (χ1v) is 7.37. The Balaban J connectivity index is 2.01. The lowest BCUT2D eigenvalue weighted by Crippen LogP contribution is -2.30. The summed E-state index contributed by atoms with van der Waals surface area (Å²) >= 11 is 0. The Morgan fingerprint density at radius 1 is 1.25 bits per heavy atom. The van der Waals surface area contributed by atoms with Crippen molar-refractivity contribution < 1.29 is 0 Å². The minimum absolute atomic E-state index is 0.618. The van der Waals surface area contributed by atoms with Crippen LogP contribution in [0.4, 0.5) is 0 Å². The molecule has 4 atom stereocenters. The molecule has 0 N–H and O–H groups in total. The summed E-state index contributed by atoms with van der Waals surface area (Å²) in [6.07, 6.45) is 8.85. The summed E-state index contributed by atoms with van der Waals surface area (Å²) < 4.78 is 0. The molecule has 3 fully saturated rings. The Morgan fingerprint density at radius 3 is 2.69 bits per heavy atom. The Hall–Kier alpha value is 0. The van der Waals surface area contributed by atoms with E-state index in [1.807, 2.05) is 5.92 Å². The first kappa shape index (κ1) is 11.1. The molecule has 16 heavy (non-hydrogen) atoms. The summed E-state index contributed by atoms with van der Waals surface area (Å²) in [5.41, 5.74) is 1.32. The average molecular weight is 219 g/mol. The molecule has 0 aromatic carbocycles. The molecule has 0 aliphatic heterocycles. The summed E-state index contributed by atoms with van der Waals surface area (Å²) in [5.74, 6) is 4.95. The van der Waals surface area contributed by atoms with Crippen LogP contribution in [0.3, 0.4) is 0 Å². The molecule has 3 aliphatic carbocycles. The Labute approximate surface area is 101 Å². The van der Waals surface area contributed by atoms with Gasteiger partial charge in [-0.2, -0.15) is 0 Å². The molecule has 2 bridgehead atoms. The van der Waals surface area contributed by atoms with Gasteiger partial charge in [0.05, 0.1) is 0 Å². The predicted octanol–water partition coefficient (Wildman–Crippen LogP) is 4.84. The van der Waals surface area contributed by atoms with Crippen molar-refractivity contribution in [3.8, 4) is 0 Å². The van der Waals surface area contributed by atoms with Crippen molar-refractivity contribution in [1.29, 1.82) is 0 Å². The molecule has 1 spiro atoms. The van der Waals surface area contributed by atoms with Crippen molar-refractivity contribution in [2.24, 2.45) is 28.6 Å². The predicted molar refractivity (Wildman–Crippen MR) is 69.0 cm³/mol. The summed E-state index contributed by atoms with van der Waals surface area (Å²) in [7, 11) is 0. The second-order valence-corrected chi connectivity index (χ2v) is 7.35.